The van der Waals surface area contributed by atoms with E-state index in [2.05, 4.69) is 19.9 Å². The summed E-state index contributed by atoms with van der Waals surface area (Å²) >= 11 is 0. The van der Waals surface area contributed by atoms with Gasteiger partial charge in [0, 0.05) is 23.5 Å². The highest BCUT2D eigenvalue weighted by atomic mass is 16.6. The smallest absolute Gasteiger partial charge is 0.410 e. The van der Waals surface area contributed by atoms with Gasteiger partial charge in [-0.25, -0.2) is 19.7 Å². The number of H-pyrrole nitrogens is 1. The first-order valence-corrected chi connectivity index (χ1v) is 8.16. The minimum Gasteiger partial charge on any atom is -0.444 e. The number of fused-ring (bicyclic) bond motifs is 3. The van der Waals surface area contributed by atoms with E-state index in [-0.39, 0.29) is 6.09 Å². The maximum Gasteiger partial charge on any atom is 0.410 e. The number of carbonyl (C=O) groups excluding carboxylic acids is 1. The molecular formula is C18H19N5O2. The molecule has 1 amide bonds. The number of nitrogens with zero attached hydrogens (tertiary/aromatic N) is 4. The number of hydrogen-bond donors (Lipinski definition) is 1. The van der Waals surface area contributed by atoms with E-state index in [9.17, 15) is 4.79 Å². The van der Waals surface area contributed by atoms with Crippen molar-refractivity contribution in [3.8, 4) is 0 Å². The number of rotatable bonds is 1. The predicted octanol–water partition coefficient (Wildman–Crippen LogP) is 3.14. The standard InChI is InChI=1S/C18H19N5O2/c1-18(2,3)25-17(24)23-7-5-11(9-23)15-14-12-4-6-19-16(12)20-8-13(14)21-10-22-15/h4-6,8,10H,7,9H2,1-3H3,(H,19,20). The van der Waals surface area contributed by atoms with E-state index in [1.165, 1.54) is 6.33 Å². The fraction of sp³-hybridized carbons (Fsp3) is 0.333. The summed E-state index contributed by atoms with van der Waals surface area (Å²) in [5, 5.41) is 1.93. The second-order valence-electron chi connectivity index (χ2n) is 7.07. The van der Waals surface area contributed by atoms with E-state index < -0.39 is 5.60 Å². The number of carbonyl (C=O) groups is 1. The molecule has 0 spiro atoms. The Morgan fingerprint density at radius 1 is 1.28 bits per heavy atom. The lowest BCUT2D eigenvalue weighted by atomic mass is 10.1. The Bertz CT molecular complexity index is 1000. The van der Waals surface area contributed by atoms with Crippen LogP contribution in [0, 0.1) is 0 Å². The molecule has 3 aromatic heterocycles. The molecule has 0 aliphatic carbocycles. The molecule has 0 fully saturated rings. The van der Waals surface area contributed by atoms with Gasteiger partial charge < -0.3 is 14.6 Å². The summed E-state index contributed by atoms with van der Waals surface area (Å²) in [4.78, 5) is 30.3. The van der Waals surface area contributed by atoms with Gasteiger partial charge in [0.05, 0.1) is 24.0 Å². The summed E-state index contributed by atoms with van der Waals surface area (Å²) in [6.07, 6.45) is 6.83. The maximum atomic E-state index is 12.3. The van der Waals surface area contributed by atoms with E-state index in [4.69, 9.17) is 4.74 Å². The Labute approximate surface area is 144 Å². The van der Waals surface area contributed by atoms with Crippen LogP contribution in [0.4, 0.5) is 4.79 Å². The van der Waals surface area contributed by atoms with Crippen molar-refractivity contribution < 1.29 is 9.53 Å². The first-order chi connectivity index (χ1) is 11.9. The molecule has 0 atom stereocenters. The molecule has 1 aliphatic heterocycles. The summed E-state index contributed by atoms with van der Waals surface area (Å²) < 4.78 is 5.46. The third kappa shape index (κ3) is 2.82. The molecule has 4 rings (SSSR count). The van der Waals surface area contributed by atoms with Crippen molar-refractivity contribution in [2.24, 2.45) is 0 Å². The van der Waals surface area contributed by atoms with E-state index >= 15 is 0 Å². The van der Waals surface area contributed by atoms with Gasteiger partial charge >= 0.3 is 6.09 Å². The molecule has 3 aromatic rings. The average Bonchev–Trinajstić information content (AvgIpc) is 3.22. The van der Waals surface area contributed by atoms with Crippen LogP contribution in [-0.2, 0) is 4.74 Å². The van der Waals surface area contributed by atoms with E-state index in [0.717, 1.165) is 33.2 Å². The first kappa shape index (κ1) is 15.6. The van der Waals surface area contributed by atoms with E-state index in [1.54, 1.807) is 11.1 Å². The molecule has 1 aliphatic rings. The quantitative estimate of drug-likeness (QED) is 0.737. The molecule has 4 heterocycles. The first-order valence-electron chi connectivity index (χ1n) is 8.16. The number of hydrogen-bond acceptors (Lipinski definition) is 5. The number of ether oxygens (including phenoxy) is 1. The lowest BCUT2D eigenvalue weighted by Crippen LogP contribution is -2.35. The second kappa shape index (κ2) is 5.54. The van der Waals surface area contributed by atoms with Crippen LogP contribution >= 0.6 is 0 Å². The summed E-state index contributed by atoms with van der Waals surface area (Å²) in [6.45, 7) is 6.57. The van der Waals surface area contributed by atoms with Gasteiger partial charge in [-0.05, 0) is 32.4 Å². The number of pyridine rings is 1. The van der Waals surface area contributed by atoms with Gasteiger partial charge in [0.15, 0.2) is 0 Å². The average molecular weight is 337 g/mol. The number of aromatic amines is 1. The minimum atomic E-state index is -0.510. The van der Waals surface area contributed by atoms with Crippen molar-refractivity contribution in [2.45, 2.75) is 26.4 Å². The fourth-order valence-electron chi connectivity index (χ4n) is 2.99. The molecule has 0 unspecified atom stereocenters. The molecule has 0 radical (unpaired) electrons. The minimum absolute atomic E-state index is 0.314. The molecule has 1 N–H and O–H groups in total. The van der Waals surface area contributed by atoms with Crippen molar-refractivity contribution in [1.82, 2.24) is 24.8 Å². The van der Waals surface area contributed by atoms with Gasteiger partial charge in [0.2, 0.25) is 0 Å². The summed E-state index contributed by atoms with van der Waals surface area (Å²) in [5.74, 6) is 0. The van der Waals surface area contributed by atoms with Crippen molar-refractivity contribution in [3.05, 3.63) is 36.6 Å². The Morgan fingerprint density at radius 3 is 2.92 bits per heavy atom. The summed E-state index contributed by atoms with van der Waals surface area (Å²) in [6, 6.07) is 1.97. The van der Waals surface area contributed by atoms with Crippen LogP contribution in [-0.4, -0.2) is 49.6 Å². The van der Waals surface area contributed by atoms with Crippen LogP contribution in [0.2, 0.25) is 0 Å². The topological polar surface area (TPSA) is 84.0 Å². The predicted molar refractivity (Wildman–Crippen MR) is 95.0 cm³/mol. The number of nitrogens with one attached hydrogen (secondary N) is 1. The normalized spacial score (nSPS) is 15.0. The summed E-state index contributed by atoms with van der Waals surface area (Å²) in [5.41, 5.74) is 2.90. The number of aromatic nitrogens is 4. The zero-order chi connectivity index (χ0) is 17.6. The van der Waals surface area contributed by atoms with Gasteiger partial charge in [-0.1, -0.05) is 6.08 Å². The monoisotopic (exact) mass is 337 g/mol. The molecule has 0 aromatic carbocycles. The third-order valence-corrected chi connectivity index (χ3v) is 4.06. The van der Waals surface area contributed by atoms with Gasteiger partial charge in [0.25, 0.3) is 0 Å². The van der Waals surface area contributed by atoms with Crippen LogP contribution in [0.1, 0.15) is 26.5 Å². The Morgan fingerprint density at radius 2 is 2.12 bits per heavy atom. The molecule has 0 bridgehead atoms. The van der Waals surface area contributed by atoms with Crippen LogP contribution in [0.3, 0.4) is 0 Å². The summed E-state index contributed by atoms with van der Waals surface area (Å²) in [7, 11) is 0. The van der Waals surface area contributed by atoms with E-state index in [1.807, 2.05) is 39.1 Å². The highest BCUT2D eigenvalue weighted by molar-refractivity contribution is 6.08. The largest absolute Gasteiger partial charge is 0.444 e. The van der Waals surface area contributed by atoms with Crippen LogP contribution < -0.4 is 0 Å². The SMILES string of the molecule is CC(C)(C)OC(=O)N1CC=C(c2ncnc3cnc4[nH]ccc4c23)C1. The van der Waals surface area contributed by atoms with Gasteiger partial charge in [-0.3, -0.25) is 0 Å². The molecule has 128 valence electrons. The zero-order valence-corrected chi connectivity index (χ0v) is 14.4. The lowest BCUT2D eigenvalue weighted by molar-refractivity contribution is 0.0306. The molecule has 25 heavy (non-hydrogen) atoms. The van der Waals surface area contributed by atoms with Gasteiger partial charge in [-0.15, -0.1) is 0 Å². The van der Waals surface area contributed by atoms with Gasteiger partial charge in [0.1, 0.15) is 17.6 Å². The Balaban J connectivity index is 1.69. The van der Waals surface area contributed by atoms with E-state index in [0.29, 0.717) is 13.1 Å². The van der Waals surface area contributed by atoms with Crippen molar-refractivity contribution >= 4 is 33.6 Å². The maximum absolute atomic E-state index is 12.3. The third-order valence-electron chi connectivity index (χ3n) is 4.06. The van der Waals surface area contributed by atoms with Crippen LogP contribution in [0.15, 0.2) is 30.9 Å². The second-order valence-corrected chi connectivity index (χ2v) is 7.07. The fourth-order valence-corrected chi connectivity index (χ4v) is 2.99. The molecule has 0 saturated heterocycles. The lowest BCUT2D eigenvalue weighted by Gasteiger charge is -2.24. The van der Waals surface area contributed by atoms with Crippen LogP contribution in [0.25, 0.3) is 27.5 Å². The molecular weight excluding hydrogens is 318 g/mol. The Hall–Kier alpha value is -2.96. The highest BCUT2D eigenvalue weighted by Crippen LogP contribution is 2.30. The van der Waals surface area contributed by atoms with Crippen molar-refractivity contribution in [1.29, 1.82) is 0 Å². The van der Waals surface area contributed by atoms with Crippen molar-refractivity contribution in [3.63, 3.8) is 0 Å². The zero-order valence-electron chi connectivity index (χ0n) is 14.4. The molecule has 0 saturated carbocycles. The van der Waals surface area contributed by atoms with Crippen LogP contribution in [0.5, 0.6) is 0 Å². The molecule has 7 nitrogen and oxygen atoms in total. The number of amides is 1. The van der Waals surface area contributed by atoms with Gasteiger partial charge in [-0.2, -0.15) is 0 Å². The van der Waals surface area contributed by atoms with Crippen molar-refractivity contribution in [2.75, 3.05) is 13.1 Å². The Kier molecular flexibility index (Phi) is 3.45. The highest BCUT2D eigenvalue weighted by Gasteiger charge is 2.27. The molecule has 7 heteroatoms.